The van der Waals surface area contributed by atoms with Crippen LogP contribution in [-0.4, -0.2) is 31.7 Å². The van der Waals surface area contributed by atoms with Crippen LogP contribution in [0.5, 0.6) is 0 Å². The van der Waals surface area contributed by atoms with E-state index in [-0.39, 0.29) is 6.42 Å². The standard InChI is InChI=1S/C15H25F3N2O/c1-10-6-7-19-8-11(10)9-20-14(21)12-4-2-3-5-13(12)15(16,17)18/h10-13,19H,2-9H2,1H3,(H,20,21). The number of carbonyl (C=O) groups is 1. The first kappa shape index (κ1) is 16.6. The molecule has 2 N–H and O–H groups in total. The Kier molecular flexibility index (Phi) is 5.52. The number of carbonyl (C=O) groups excluding carboxylic acids is 1. The minimum atomic E-state index is -4.26. The van der Waals surface area contributed by atoms with Gasteiger partial charge in [-0.1, -0.05) is 19.8 Å². The lowest BCUT2D eigenvalue weighted by molar-refractivity contribution is -0.198. The lowest BCUT2D eigenvalue weighted by Gasteiger charge is -2.33. The van der Waals surface area contributed by atoms with Gasteiger partial charge in [0.25, 0.3) is 0 Å². The molecule has 1 saturated carbocycles. The summed E-state index contributed by atoms with van der Waals surface area (Å²) in [6.45, 7) is 4.42. The van der Waals surface area contributed by atoms with E-state index in [4.69, 9.17) is 0 Å². The van der Waals surface area contributed by atoms with Gasteiger partial charge in [0.1, 0.15) is 0 Å². The molecular formula is C15H25F3N2O. The fraction of sp³-hybridized carbons (Fsp3) is 0.933. The van der Waals surface area contributed by atoms with Crippen molar-refractivity contribution >= 4 is 5.91 Å². The molecule has 3 nitrogen and oxygen atoms in total. The number of piperidine rings is 1. The molecule has 0 radical (unpaired) electrons. The van der Waals surface area contributed by atoms with E-state index < -0.39 is 23.9 Å². The van der Waals surface area contributed by atoms with Gasteiger partial charge in [-0.15, -0.1) is 0 Å². The van der Waals surface area contributed by atoms with Gasteiger partial charge in [0, 0.05) is 12.5 Å². The van der Waals surface area contributed by atoms with Crippen LogP contribution >= 0.6 is 0 Å². The summed E-state index contributed by atoms with van der Waals surface area (Å²) in [5.74, 6) is -1.96. The van der Waals surface area contributed by atoms with E-state index in [0.717, 1.165) is 19.5 Å². The number of nitrogens with one attached hydrogen (secondary N) is 2. The van der Waals surface area contributed by atoms with Gasteiger partial charge in [-0.05, 0) is 44.2 Å². The quantitative estimate of drug-likeness (QED) is 0.842. The molecule has 0 bridgehead atoms. The molecule has 0 aromatic heterocycles. The van der Waals surface area contributed by atoms with Gasteiger partial charge in [0.2, 0.25) is 5.91 Å². The van der Waals surface area contributed by atoms with E-state index >= 15 is 0 Å². The zero-order chi connectivity index (χ0) is 15.5. The minimum Gasteiger partial charge on any atom is -0.356 e. The summed E-state index contributed by atoms with van der Waals surface area (Å²) in [4.78, 5) is 12.2. The molecule has 0 spiro atoms. The summed E-state index contributed by atoms with van der Waals surface area (Å²) in [5.41, 5.74) is 0. The number of rotatable bonds is 3. The molecule has 4 atom stereocenters. The highest BCUT2D eigenvalue weighted by atomic mass is 19.4. The Morgan fingerprint density at radius 3 is 2.62 bits per heavy atom. The first-order chi connectivity index (χ1) is 9.89. The summed E-state index contributed by atoms with van der Waals surface area (Å²) < 4.78 is 39.1. The molecule has 122 valence electrons. The van der Waals surface area contributed by atoms with E-state index in [2.05, 4.69) is 17.6 Å². The molecule has 2 rings (SSSR count). The molecule has 0 aromatic carbocycles. The van der Waals surface area contributed by atoms with Crippen molar-refractivity contribution in [2.45, 2.75) is 45.2 Å². The predicted octanol–water partition coefficient (Wildman–Crippen LogP) is 2.72. The van der Waals surface area contributed by atoms with E-state index in [0.29, 0.717) is 37.6 Å². The highest BCUT2D eigenvalue weighted by Gasteiger charge is 2.48. The summed E-state index contributed by atoms with van der Waals surface area (Å²) in [5, 5.41) is 6.05. The summed E-state index contributed by atoms with van der Waals surface area (Å²) in [7, 11) is 0. The molecule has 1 amide bonds. The van der Waals surface area contributed by atoms with Crippen molar-refractivity contribution in [1.82, 2.24) is 10.6 Å². The molecule has 4 unspecified atom stereocenters. The zero-order valence-corrected chi connectivity index (χ0v) is 12.5. The molecule has 1 aliphatic heterocycles. The van der Waals surface area contributed by atoms with Gasteiger partial charge in [-0.2, -0.15) is 13.2 Å². The third-order valence-electron chi connectivity index (χ3n) is 5.05. The van der Waals surface area contributed by atoms with Gasteiger partial charge in [-0.25, -0.2) is 0 Å². The second kappa shape index (κ2) is 6.99. The lowest BCUT2D eigenvalue weighted by atomic mass is 9.78. The van der Waals surface area contributed by atoms with Crippen molar-refractivity contribution in [3.05, 3.63) is 0 Å². The Bertz CT molecular complexity index is 359. The first-order valence-corrected chi connectivity index (χ1v) is 7.94. The monoisotopic (exact) mass is 306 g/mol. The van der Waals surface area contributed by atoms with Crippen molar-refractivity contribution in [1.29, 1.82) is 0 Å². The first-order valence-electron chi connectivity index (χ1n) is 7.94. The fourth-order valence-corrected chi connectivity index (χ4v) is 3.53. The maximum atomic E-state index is 13.0. The Balaban J connectivity index is 1.88. The van der Waals surface area contributed by atoms with Gasteiger partial charge < -0.3 is 10.6 Å². The fourth-order valence-electron chi connectivity index (χ4n) is 3.53. The van der Waals surface area contributed by atoms with Crippen LogP contribution in [-0.2, 0) is 4.79 Å². The zero-order valence-electron chi connectivity index (χ0n) is 12.5. The molecule has 1 saturated heterocycles. The van der Waals surface area contributed by atoms with Crippen LogP contribution < -0.4 is 10.6 Å². The number of hydrogen-bond acceptors (Lipinski definition) is 2. The normalized spacial score (nSPS) is 34.5. The Morgan fingerprint density at radius 1 is 1.24 bits per heavy atom. The Morgan fingerprint density at radius 2 is 1.95 bits per heavy atom. The van der Waals surface area contributed by atoms with Crippen LogP contribution in [0.25, 0.3) is 0 Å². The predicted molar refractivity (Wildman–Crippen MR) is 74.7 cm³/mol. The van der Waals surface area contributed by atoms with E-state index in [1.807, 2.05) is 0 Å². The maximum absolute atomic E-state index is 13.0. The Labute approximate surface area is 124 Å². The van der Waals surface area contributed by atoms with Crippen LogP contribution in [0.4, 0.5) is 13.2 Å². The van der Waals surface area contributed by atoms with Crippen molar-refractivity contribution < 1.29 is 18.0 Å². The maximum Gasteiger partial charge on any atom is 0.392 e. The second-order valence-corrected chi connectivity index (χ2v) is 6.51. The van der Waals surface area contributed by atoms with Gasteiger partial charge in [0.15, 0.2) is 0 Å². The summed E-state index contributed by atoms with van der Waals surface area (Å²) in [6.07, 6.45) is -1.49. The molecule has 21 heavy (non-hydrogen) atoms. The number of halogens is 3. The summed E-state index contributed by atoms with van der Waals surface area (Å²) in [6, 6.07) is 0. The van der Waals surface area contributed by atoms with Gasteiger partial charge >= 0.3 is 6.18 Å². The number of hydrogen-bond donors (Lipinski definition) is 2. The second-order valence-electron chi connectivity index (χ2n) is 6.51. The molecule has 2 aliphatic rings. The minimum absolute atomic E-state index is 0.0863. The van der Waals surface area contributed by atoms with Crippen molar-refractivity contribution in [3.8, 4) is 0 Å². The van der Waals surface area contributed by atoms with Crippen LogP contribution in [0, 0.1) is 23.7 Å². The topological polar surface area (TPSA) is 41.1 Å². The number of amides is 1. The van der Waals surface area contributed by atoms with E-state index in [1.54, 1.807) is 0 Å². The Hall–Kier alpha value is -0.780. The smallest absolute Gasteiger partial charge is 0.356 e. The van der Waals surface area contributed by atoms with Crippen molar-refractivity contribution in [3.63, 3.8) is 0 Å². The van der Waals surface area contributed by atoms with Crippen LogP contribution in [0.2, 0.25) is 0 Å². The molecule has 1 heterocycles. The number of alkyl halides is 3. The van der Waals surface area contributed by atoms with Crippen LogP contribution in [0.1, 0.15) is 39.0 Å². The highest BCUT2D eigenvalue weighted by Crippen LogP contribution is 2.41. The van der Waals surface area contributed by atoms with Crippen molar-refractivity contribution in [2.24, 2.45) is 23.7 Å². The average Bonchev–Trinajstić information content (AvgIpc) is 2.45. The van der Waals surface area contributed by atoms with Gasteiger partial charge in [0.05, 0.1) is 5.92 Å². The molecule has 2 fully saturated rings. The van der Waals surface area contributed by atoms with Gasteiger partial charge in [-0.3, -0.25) is 4.79 Å². The van der Waals surface area contributed by atoms with Crippen LogP contribution in [0.15, 0.2) is 0 Å². The molecule has 6 heteroatoms. The SMILES string of the molecule is CC1CCNCC1CNC(=O)C1CCCCC1C(F)(F)F. The molecule has 0 aromatic rings. The lowest BCUT2D eigenvalue weighted by Crippen LogP contribution is -2.46. The third kappa shape index (κ3) is 4.34. The van der Waals surface area contributed by atoms with E-state index in [9.17, 15) is 18.0 Å². The van der Waals surface area contributed by atoms with Crippen LogP contribution in [0.3, 0.4) is 0 Å². The van der Waals surface area contributed by atoms with E-state index in [1.165, 1.54) is 0 Å². The summed E-state index contributed by atoms with van der Waals surface area (Å²) >= 11 is 0. The average molecular weight is 306 g/mol. The molecular weight excluding hydrogens is 281 g/mol. The molecule has 1 aliphatic carbocycles. The largest absolute Gasteiger partial charge is 0.392 e. The highest BCUT2D eigenvalue weighted by molar-refractivity contribution is 5.79. The third-order valence-corrected chi connectivity index (χ3v) is 5.05. The van der Waals surface area contributed by atoms with Crippen molar-refractivity contribution in [2.75, 3.05) is 19.6 Å².